The number of amides is 2. The Morgan fingerprint density at radius 3 is 2.67 bits per heavy atom. The summed E-state index contributed by atoms with van der Waals surface area (Å²) in [4.78, 5) is 30.3. The van der Waals surface area contributed by atoms with Crippen LogP contribution in [0.4, 0.5) is 0 Å². The van der Waals surface area contributed by atoms with E-state index < -0.39 is 5.54 Å². The number of aromatic nitrogens is 1. The van der Waals surface area contributed by atoms with Crippen LogP contribution in [0.2, 0.25) is 0 Å². The SMILES string of the molecule is CCOc1ccc(CN2C(=O)c3cc4ccsc4n3CC2(C)C(=O)NCc2ccccc2OC)cc1. The lowest BCUT2D eigenvalue weighted by Gasteiger charge is -2.44. The van der Waals surface area contributed by atoms with Gasteiger partial charge in [-0.15, -0.1) is 11.3 Å². The topological polar surface area (TPSA) is 72.8 Å². The van der Waals surface area contributed by atoms with Crippen molar-refractivity contribution in [2.24, 2.45) is 0 Å². The van der Waals surface area contributed by atoms with Crippen LogP contribution in [0.1, 0.15) is 35.5 Å². The Morgan fingerprint density at radius 1 is 1.14 bits per heavy atom. The summed E-state index contributed by atoms with van der Waals surface area (Å²) in [6.07, 6.45) is 0. The lowest BCUT2D eigenvalue weighted by atomic mass is 9.93. The van der Waals surface area contributed by atoms with Crippen LogP contribution >= 0.6 is 11.3 Å². The second-order valence-corrected chi connectivity index (χ2v) is 9.93. The summed E-state index contributed by atoms with van der Waals surface area (Å²) in [5.41, 5.74) is 1.32. The van der Waals surface area contributed by atoms with Crippen molar-refractivity contribution in [3.8, 4) is 11.5 Å². The Balaban J connectivity index is 1.47. The van der Waals surface area contributed by atoms with Gasteiger partial charge in [-0.05, 0) is 55.1 Å². The molecule has 0 fully saturated rings. The van der Waals surface area contributed by atoms with Gasteiger partial charge in [-0.2, -0.15) is 0 Å². The van der Waals surface area contributed by atoms with Crippen molar-refractivity contribution < 1.29 is 19.1 Å². The third kappa shape index (κ3) is 4.22. The van der Waals surface area contributed by atoms with Crippen LogP contribution in [0.15, 0.2) is 66.0 Å². The van der Waals surface area contributed by atoms with Gasteiger partial charge in [-0.3, -0.25) is 9.59 Å². The van der Waals surface area contributed by atoms with Crippen LogP contribution in [0.25, 0.3) is 10.2 Å². The highest BCUT2D eigenvalue weighted by Crippen LogP contribution is 2.35. The van der Waals surface area contributed by atoms with E-state index >= 15 is 0 Å². The fraction of sp³-hybridized carbons (Fsp3) is 0.286. The number of nitrogens with one attached hydrogen (secondary N) is 1. The first-order valence-electron chi connectivity index (χ1n) is 11.9. The molecule has 2 aromatic heterocycles. The van der Waals surface area contributed by atoms with Crippen LogP contribution in [0.3, 0.4) is 0 Å². The van der Waals surface area contributed by atoms with Crippen molar-refractivity contribution in [3.05, 3.63) is 82.9 Å². The summed E-state index contributed by atoms with van der Waals surface area (Å²) in [6.45, 7) is 5.35. The number of carbonyl (C=O) groups excluding carboxylic acids is 2. The van der Waals surface area contributed by atoms with Crippen LogP contribution in [-0.4, -0.2) is 40.5 Å². The van der Waals surface area contributed by atoms with Crippen LogP contribution in [0, 0.1) is 0 Å². The average molecular weight is 504 g/mol. The number of fused-ring (bicyclic) bond motifs is 3. The molecule has 2 amide bonds. The third-order valence-corrected chi connectivity index (χ3v) is 7.68. The maximum Gasteiger partial charge on any atom is 0.271 e. The van der Waals surface area contributed by atoms with Crippen molar-refractivity contribution in [1.82, 2.24) is 14.8 Å². The molecule has 0 aliphatic carbocycles. The van der Waals surface area contributed by atoms with E-state index in [1.165, 1.54) is 0 Å². The Kier molecular flexibility index (Phi) is 6.45. The van der Waals surface area contributed by atoms with E-state index in [0.29, 0.717) is 37.7 Å². The van der Waals surface area contributed by atoms with Gasteiger partial charge < -0.3 is 24.3 Å². The van der Waals surface area contributed by atoms with E-state index in [1.54, 1.807) is 23.3 Å². The summed E-state index contributed by atoms with van der Waals surface area (Å²) < 4.78 is 13.0. The van der Waals surface area contributed by atoms with Gasteiger partial charge in [0.1, 0.15) is 27.6 Å². The molecular formula is C28H29N3O4S. The van der Waals surface area contributed by atoms with Crippen molar-refractivity contribution in [2.75, 3.05) is 13.7 Å². The predicted octanol–water partition coefficient (Wildman–Crippen LogP) is 4.84. The predicted molar refractivity (Wildman–Crippen MR) is 141 cm³/mol. The number of ether oxygens (including phenoxy) is 2. The number of carbonyl (C=O) groups is 2. The van der Waals surface area contributed by atoms with Crippen LogP contribution < -0.4 is 14.8 Å². The van der Waals surface area contributed by atoms with Gasteiger partial charge in [-0.1, -0.05) is 30.3 Å². The Hall–Kier alpha value is -3.78. The van der Waals surface area contributed by atoms with Gasteiger partial charge in [0.25, 0.3) is 5.91 Å². The van der Waals surface area contributed by atoms with Gasteiger partial charge in [0.05, 0.1) is 20.3 Å². The number of benzene rings is 2. The standard InChI is InChI=1S/C28H29N3O4S/c1-4-35-22-11-9-19(10-12-22)17-31-25(32)23-15-20-13-14-36-26(20)30(23)18-28(31,2)27(33)29-16-21-7-5-6-8-24(21)34-3/h5-15H,4,16-18H2,1-3H3,(H,29,33). The van der Waals surface area contributed by atoms with E-state index in [0.717, 1.165) is 27.1 Å². The minimum atomic E-state index is -1.10. The Morgan fingerprint density at radius 2 is 1.92 bits per heavy atom. The highest BCUT2D eigenvalue weighted by molar-refractivity contribution is 7.16. The van der Waals surface area contributed by atoms with Gasteiger partial charge in [0, 0.05) is 24.0 Å². The second-order valence-electron chi connectivity index (χ2n) is 9.03. The number of hydrogen-bond donors (Lipinski definition) is 1. The molecule has 4 aromatic rings. The molecule has 186 valence electrons. The molecule has 1 aliphatic heterocycles. The largest absolute Gasteiger partial charge is 0.496 e. The van der Waals surface area contributed by atoms with Crippen molar-refractivity contribution in [3.63, 3.8) is 0 Å². The third-order valence-electron chi connectivity index (χ3n) is 6.72. The zero-order valence-electron chi connectivity index (χ0n) is 20.6. The number of nitrogens with zero attached hydrogens (tertiary/aromatic N) is 2. The molecule has 2 aromatic carbocycles. The highest BCUT2D eigenvalue weighted by Gasteiger charge is 2.47. The molecule has 1 atom stereocenters. The normalized spacial score (nSPS) is 17.2. The van der Waals surface area contributed by atoms with Gasteiger partial charge >= 0.3 is 0 Å². The first kappa shape index (κ1) is 23.9. The van der Waals surface area contributed by atoms with E-state index in [-0.39, 0.29) is 11.8 Å². The first-order valence-corrected chi connectivity index (χ1v) is 12.8. The summed E-state index contributed by atoms with van der Waals surface area (Å²) in [5.74, 6) is 1.12. The van der Waals surface area contributed by atoms with Crippen molar-refractivity contribution in [2.45, 2.75) is 39.0 Å². The molecule has 1 unspecified atom stereocenters. The van der Waals surface area contributed by atoms with Crippen LogP contribution in [-0.2, 0) is 24.4 Å². The van der Waals surface area contributed by atoms with Gasteiger partial charge in [-0.25, -0.2) is 0 Å². The summed E-state index contributed by atoms with van der Waals surface area (Å²) in [6, 6.07) is 19.2. The molecule has 7 nitrogen and oxygen atoms in total. The summed E-state index contributed by atoms with van der Waals surface area (Å²) in [5, 5.41) is 6.09. The van der Waals surface area contributed by atoms with Gasteiger partial charge in [0.2, 0.25) is 5.91 Å². The highest BCUT2D eigenvalue weighted by atomic mass is 32.1. The fourth-order valence-corrected chi connectivity index (χ4v) is 5.66. The van der Waals surface area contributed by atoms with Crippen molar-refractivity contribution >= 4 is 33.4 Å². The number of methoxy groups -OCH3 is 1. The molecule has 8 heteroatoms. The number of hydrogen-bond acceptors (Lipinski definition) is 5. The minimum Gasteiger partial charge on any atom is -0.496 e. The number of rotatable bonds is 8. The molecule has 36 heavy (non-hydrogen) atoms. The van der Waals surface area contributed by atoms with E-state index in [9.17, 15) is 9.59 Å². The molecule has 0 spiro atoms. The number of para-hydroxylation sites is 1. The van der Waals surface area contributed by atoms with E-state index in [2.05, 4.69) is 5.32 Å². The lowest BCUT2D eigenvalue weighted by molar-refractivity contribution is -0.133. The monoisotopic (exact) mass is 503 g/mol. The van der Waals surface area contributed by atoms with Crippen molar-refractivity contribution in [1.29, 1.82) is 0 Å². The Bertz CT molecular complexity index is 1410. The molecule has 3 heterocycles. The average Bonchev–Trinajstić information content (AvgIpc) is 3.49. The molecule has 0 saturated heterocycles. The quantitative estimate of drug-likeness (QED) is 0.373. The Labute approximate surface area is 214 Å². The molecular weight excluding hydrogens is 474 g/mol. The lowest BCUT2D eigenvalue weighted by Crippen LogP contribution is -2.63. The molecule has 1 N–H and O–H groups in total. The van der Waals surface area contributed by atoms with E-state index in [4.69, 9.17) is 9.47 Å². The minimum absolute atomic E-state index is 0.159. The maximum atomic E-state index is 13.8. The second kappa shape index (κ2) is 9.70. The first-order chi connectivity index (χ1) is 17.4. The molecule has 1 aliphatic rings. The zero-order valence-corrected chi connectivity index (χ0v) is 21.4. The van der Waals surface area contributed by atoms with Crippen LogP contribution in [0.5, 0.6) is 11.5 Å². The fourth-order valence-electron chi connectivity index (χ4n) is 4.76. The molecule has 0 bridgehead atoms. The molecule has 0 radical (unpaired) electrons. The summed E-state index contributed by atoms with van der Waals surface area (Å²) >= 11 is 1.58. The number of thiophene rings is 1. The van der Waals surface area contributed by atoms with E-state index in [1.807, 2.05) is 84.5 Å². The molecule has 0 saturated carbocycles. The maximum absolute atomic E-state index is 13.8. The smallest absolute Gasteiger partial charge is 0.271 e. The molecule has 5 rings (SSSR count). The zero-order chi connectivity index (χ0) is 25.3. The van der Waals surface area contributed by atoms with Gasteiger partial charge in [0.15, 0.2) is 0 Å². The summed E-state index contributed by atoms with van der Waals surface area (Å²) in [7, 11) is 1.61.